The summed E-state index contributed by atoms with van der Waals surface area (Å²) >= 11 is 0. The molecule has 0 saturated carbocycles. The minimum atomic E-state index is -0.607. The van der Waals surface area contributed by atoms with Gasteiger partial charge >= 0.3 is 0 Å². The minimum absolute atomic E-state index is 0.333. The highest BCUT2D eigenvalue weighted by Gasteiger charge is 2.08. The maximum absolute atomic E-state index is 10.8. The van der Waals surface area contributed by atoms with Gasteiger partial charge in [0.25, 0.3) is 5.91 Å². The number of carbonyl (C=O) groups is 2. The molecule has 0 aromatic heterocycles. The third-order valence-electron chi connectivity index (χ3n) is 2.28. The summed E-state index contributed by atoms with van der Waals surface area (Å²) < 4.78 is 0. The van der Waals surface area contributed by atoms with E-state index in [0.717, 1.165) is 6.29 Å². The Morgan fingerprint density at radius 2 is 2.50 bits per heavy atom. The maximum atomic E-state index is 10.8. The van der Waals surface area contributed by atoms with E-state index in [1.165, 1.54) is 17.6 Å². The Hall–Kier alpha value is -2.15. The molecule has 0 bridgehead atoms. The van der Waals surface area contributed by atoms with Crippen LogP contribution in [0.4, 0.5) is 0 Å². The summed E-state index contributed by atoms with van der Waals surface area (Å²) in [5, 5.41) is 14.2. The molecular weight excluding hydrogens is 236 g/mol. The molecule has 1 amide bonds. The zero-order valence-corrected chi connectivity index (χ0v) is 10.0. The molecule has 0 aliphatic carbocycles. The number of hydrogen-bond acceptors (Lipinski definition) is 5. The van der Waals surface area contributed by atoms with E-state index in [1.807, 2.05) is 6.92 Å². The van der Waals surface area contributed by atoms with Gasteiger partial charge in [0.2, 0.25) is 0 Å². The second kappa shape index (κ2) is 7.23. The number of rotatable bonds is 5. The number of aliphatic imine (C=N–C) groups is 1. The van der Waals surface area contributed by atoms with Crippen LogP contribution in [0.25, 0.3) is 0 Å². The number of carbonyl (C=O) groups excluding carboxylic acids is 2. The summed E-state index contributed by atoms with van der Waals surface area (Å²) in [5.41, 5.74) is 2.17. The first-order valence-electron chi connectivity index (χ1n) is 5.54. The van der Waals surface area contributed by atoms with Crippen LogP contribution in [0.2, 0.25) is 0 Å². The molecule has 0 aromatic rings. The van der Waals surface area contributed by atoms with E-state index in [1.54, 1.807) is 6.20 Å². The number of hydrogen-bond donors (Lipinski definition) is 4. The Morgan fingerprint density at radius 3 is 3.00 bits per heavy atom. The molecule has 1 heterocycles. The third kappa shape index (κ3) is 4.38. The second-order valence-electron chi connectivity index (χ2n) is 3.59. The summed E-state index contributed by atoms with van der Waals surface area (Å²) in [6.07, 6.45) is 5.78. The number of nitrogens with zero attached hydrogens (tertiary/aromatic N) is 1. The highest BCUT2D eigenvalue weighted by molar-refractivity contribution is 5.89. The number of allylic oxidation sites excluding steroid dienone is 1. The zero-order valence-electron chi connectivity index (χ0n) is 10.0. The lowest BCUT2D eigenvalue weighted by Gasteiger charge is -2.17. The first kappa shape index (κ1) is 13.9. The molecule has 7 heteroatoms. The van der Waals surface area contributed by atoms with Crippen molar-refractivity contribution in [2.75, 3.05) is 6.54 Å². The summed E-state index contributed by atoms with van der Waals surface area (Å²) in [5.74, 6) is 0.0573. The van der Waals surface area contributed by atoms with E-state index in [2.05, 4.69) is 15.6 Å². The molecule has 0 spiro atoms. The van der Waals surface area contributed by atoms with Crippen molar-refractivity contribution in [3.8, 4) is 0 Å². The molecule has 1 atom stereocenters. The van der Waals surface area contributed by atoms with Gasteiger partial charge in [-0.3, -0.25) is 15.0 Å². The fourth-order valence-electron chi connectivity index (χ4n) is 1.26. The average molecular weight is 252 g/mol. The average Bonchev–Trinajstić information content (AvgIpc) is 2.43. The first-order chi connectivity index (χ1) is 8.69. The van der Waals surface area contributed by atoms with Crippen molar-refractivity contribution in [2.45, 2.75) is 19.4 Å². The smallest absolute Gasteiger partial charge is 0.267 e. The lowest BCUT2D eigenvalue weighted by molar-refractivity contribution is -0.124. The van der Waals surface area contributed by atoms with E-state index in [4.69, 9.17) is 5.21 Å². The summed E-state index contributed by atoms with van der Waals surface area (Å²) in [4.78, 5) is 25.6. The predicted molar refractivity (Wildman–Crippen MR) is 65.9 cm³/mol. The molecule has 0 fully saturated rings. The quantitative estimate of drug-likeness (QED) is 0.228. The van der Waals surface area contributed by atoms with Gasteiger partial charge in [0.05, 0.1) is 12.2 Å². The Labute approximate surface area is 105 Å². The zero-order chi connectivity index (χ0) is 13.4. The van der Waals surface area contributed by atoms with E-state index in [0.29, 0.717) is 24.5 Å². The van der Waals surface area contributed by atoms with Crippen molar-refractivity contribution in [1.29, 1.82) is 0 Å². The fraction of sp³-hybridized carbons (Fsp3) is 0.364. The van der Waals surface area contributed by atoms with E-state index in [-0.39, 0.29) is 6.04 Å². The van der Waals surface area contributed by atoms with Crippen LogP contribution >= 0.6 is 0 Å². The molecule has 1 rings (SSSR count). The normalized spacial score (nSPS) is 18.8. The molecule has 1 aliphatic heterocycles. The largest absolute Gasteiger partial charge is 0.377 e. The lowest BCUT2D eigenvalue weighted by atomic mass is 10.2. The van der Waals surface area contributed by atoms with E-state index in [9.17, 15) is 9.59 Å². The van der Waals surface area contributed by atoms with Crippen LogP contribution in [0.3, 0.4) is 0 Å². The van der Waals surface area contributed by atoms with Crippen LogP contribution in [0, 0.1) is 0 Å². The predicted octanol–water partition coefficient (Wildman–Crippen LogP) is -0.542. The SMILES string of the molecule is CCC(C=O)N=C1CNC(/C=C/C(=O)NO)=CN1. The maximum Gasteiger partial charge on any atom is 0.267 e. The molecule has 98 valence electrons. The van der Waals surface area contributed by atoms with Gasteiger partial charge < -0.3 is 15.4 Å². The minimum Gasteiger partial charge on any atom is -0.377 e. The van der Waals surface area contributed by atoms with E-state index >= 15 is 0 Å². The standard InChI is InChI=1S/C11H16N4O3/c1-2-8(7-16)14-10-6-12-9(5-13-10)3-4-11(17)15-18/h3-5,7-8,12,18H,2,6H2,1H3,(H,13,14)(H,15,17)/b4-3+. The molecule has 7 nitrogen and oxygen atoms in total. The Morgan fingerprint density at radius 1 is 1.72 bits per heavy atom. The van der Waals surface area contributed by atoms with Crippen LogP contribution in [-0.2, 0) is 9.59 Å². The lowest BCUT2D eigenvalue weighted by Crippen LogP contribution is -2.37. The topological polar surface area (TPSA) is 103 Å². The molecule has 4 N–H and O–H groups in total. The van der Waals surface area contributed by atoms with E-state index < -0.39 is 5.91 Å². The van der Waals surface area contributed by atoms with Crippen molar-refractivity contribution in [1.82, 2.24) is 16.1 Å². The van der Waals surface area contributed by atoms with Gasteiger partial charge in [0, 0.05) is 12.3 Å². The van der Waals surface area contributed by atoms with Gasteiger partial charge in [-0.15, -0.1) is 0 Å². The van der Waals surface area contributed by atoms with Crippen LogP contribution in [0.1, 0.15) is 13.3 Å². The number of aldehydes is 1. The number of nitrogens with one attached hydrogen (secondary N) is 3. The molecule has 18 heavy (non-hydrogen) atoms. The Balaban J connectivity index is 2.57. The summed E-state index contributed by atoms with van der Waals surface area (Å²) in [7, 11) is 0. The monoisotopic (exact) mass is 252 g/mol. The molecule has 0 saturated heterocycles. The second-order valence-corrected chi connectivity index (χ2v) is 3.59. The molecule has 0 radical (unpaired) electrons. The van der Waals surface area contributed by atoms with Crippen molar-refractivity contribution < 1.29 is 14.8 Å². The number of amidine groups is 1. The van der Waals surface area contributed by atoms with Gasteiger partial charge in [-0.25, -0.2) is 5.48 Å². The van der Waals surface area contributed by atoms with Crippen LogP contribution in [0.5, 0.6) is 0 Å². The Bertz CT molecular complexity index is 401. The van der Waals surface area contributed by atoms with Crippen molar-refractivity contribution in [3.05, 3.63) is 24.0 Å². The first-order valence-corrected chi connectivity index (χ1v) is 5.54. The number of hydroxylamine groups is 1. The highest BCUT2D eigenvalue weighted by Crippen LogP contribution is 1.98. The third-order valence-corrected chi connectivity index (χ3v) is 2.28. The fourth-order valence-corrected chi connectivity index (χ4v) is 1.26. The van der Waals surface area contributed by atoms with Gasteiger partial charge in [-0.1, -0.05) is 6.92 Å². The van der Waals surface area contributed by atoms with Gasteiger partial charge in [0.15, 0.2) is 0 Å². The Kier molecular flexibility index (Phi) is 5.59. The molecular formula is C11H16N4O3. The van der Waals surface area contributed by atoms with Crippen LogP contribution in [-0.4, -0.2) is 35.8 Å². The van der Waals surface area contributed by atoms with Crippen molar-refractivity contribution >= 4 is 18.0 Å². The summed E-state index contributed by atoms with van der Waals surface area (Å²) in [6.45, 7) is 2.33. The van der Waals surface area contributed by atoms with Crippen molar-refractivity contribution in [3.63, 3.8) is 0 Å². The molecule has 1 aliphatic rings. The van der Waals surface area contributed by atoms with Gasteiger partial charge in [-0.2, -0.15) is 0 Å². The van der Waals surface area contributed by atoms with Crippen LogP contribution < -0.4 is 16.1 Å². The van der Waals surface area contributed by atoms with Crippen molar-refractivity contribution in [2.24, 2.45) is 4.99 Å². The highest BCUT2D eigenvalue weighted by atomic mass is 16.5. The molecule has 0 aromatic carbocycles. The van der Waals surface area contributed by atoms with Gasteiger partial charge in [-0.05, 0) is 12.5 Å². The summed E-state index contributed by atoms with van der Waals surface area (Å²) in [6, 6.07) is -0.333. The van der Waals surface area contributed by atoms with Gasteiger partial charge in [0.1, 0.15) is 18.2 Å². The molecule has 1 unspecified atom stereocenters. The van der Waals surface area contributed by atoms with Crippen LogP contribution in [0.15, 0.2) is 29.0 Å². The number of amides is 1.